The molecule has 0 radical (unpaired) electrons. The van der Waals surface area contributed by atoms with Gasteiger partial charge in [0.2, 0.25) is 0 Å². The molecule has 0 heterocycles. The van der Waals surface area contributed by atoms with Gasteiger partial charge in [-0.2, -0.15) is 0 Å². The van der Waals surface area contributed by atoms with Crippen molar-refractivity contribution in [3.63, 3.8) is 0 Å². The van der Waals surface area contributed by atoms with Crippen molar-refractivity contribution in [1.29, 1.82) is 0 Å². The van der Waals surface area contributed by atoms with Gasteiger partial charge >= 0.3 is 0 Å². The Balaban J connectivity index is 0.992. The lowest BCUT2D eigenvalue weighted by atomic mass is 9.95. The highest BCUT2D eigenvalue weighted by molar-refractivity contribution is 5.10. The zero-order chi connectivity index (χ0) is 14.8. The molecule has 2 nitrogen and oxygen atoms in total. The molecule has 4 rings (SSSR count). The van der Waals surface area contributed by atoms with Gasteiger partial charge in [-0.3, -0.25) is 0 Å². The fourth-order valence-electron chi connectivity index (χ4n) is 5.05. The summed E-state index contributed by atoms with van der Waals surface area (Å²) in [4.78, 5) is 0. The molecule has 6 unspecified atom stereocenters. The Labute approximate surface area is 134 Å². The van der Waals surface area contributed by atoms with Gasteiger partial charge < -0.3 is 9.47 Å². The van der Waals surface area contributed by atoms with Gasteiger partial charge in [0, 0.05) is 26.4 Å². The van der Waals surface area contributed by atoms with Crippen molar-refractivity contribution in [1.82, 2.24) is 0 Å². The van der Waals surface area contributed by atoms with Crippen molar-refractivity contribution in [3.8, 4) is 0 Å². The molecule has 4 aliphatic rings. The normalized spacial score (nSPS) is 41.1. The zero-order valence-electron chi connectivity index (χ0n) is 13.7. The van der Waals surface area contributed by atoms with Crippen LogP contribution < -0.4 is 0 Å². The largest absolute Gasteiger partial charge is 0.381 e. The van der Waals surface area contributed by atoms with E-state index in [1.54, 1.807) is 0 Å². The molecule has 4 aliphatic carbocycles. The first-order valence-electron chi connectivity index (χ1n) is 9.40. The van der Waals surface area contributed by atoms with E-state index in [0.717, 1.165) is 74.8 Å². The van der Waals surface area contributed by atoms with Crippen molar-refractivity contribution in [2.45, 2.75) is 38.5 Å². The quantitative estimate of drug-likeness (QED) is 0.469. The fourth-order valence-corrected chi connectivity index (χ4v) is 5.05. The van der Waals surface area contributed by atoms with Gasteiger partial charge in [-0.05, 0) is 74.0 Å². The molecule has 122 valence electrons. The number of ether oxygens (including phenoxy) is 2. The van der Waals surface area contributed by atoms with Crippen LogP contribution in [0.3, 0.4) is 0 Å². The third-order valence-electron chi connectivity index (χ3n) is 6.32. The highest BCUT2D eigenvalue weighted by Crippen LogP contribution is 2.44. The molecule has 2 heteroatoms. The summed E-state index contributed by atoms with van der Waals surface area (Å²) in [6, 6.07) is 0. The molecule has 0 aromatic rings. The third kappa shape index (κ3) is 3.33. The number of hydrogen-bond donors (Lipinski definition) is 0. The van der Waals surface area contributed by atoms with Crippen LogP contribution in [0.15, 0.2) is 24.3 Å². The summed E-state index contributed by atoms with van der Waals surface area (Å²) in [6.07, 6.45) is 17.4. The summed E-state index contributed by atoms with van der Waals surface area (Å²) in [7, 11) is 0. The second-order valence-corrected chi connectivity index (χ2v) is 7.94. The fraction of sp³-hybridized carbons (Fsp3) is 0.800. The first kappa shape index (κ1) is 15.0. The van der Waals surface area contributed by atoms with E-state index in [2.05, 4.69) is 24.3 Å². The molecule has 0 amide bonds. The predicted molar refractivity (Wildman–Crippen MR) is 88.6 cm³/mol. The van der Waals surface area contributed by atoms with Gasteiger partial charge in [0.1, 0.15) is 0 Å². The Hall–Kier alpha value is -0.600. The number of fused-ring (bicyclic) bond motifs is 4. The van der Waals surface area contributed by atoms with E-state index in [1.807, 2.05) is 0 Å². The molecule has 22 heavy (non-hydrogen) atoms. The van der Waals surface area contributed by atoms with Crippen LogP contribution in [-0.2, 0) is 9.47 Å². The maximum Gasteiger partial charge on any atom is 0.0500 e. The first-order chi connectivity index (χ1) is 10.9. The maximum absolute atomic E-state index is 5.89. The monoisotopic (exact) mass is 302 g/mol. The molecule has 2 fully saturated rings. The van der Waals surface area contributed by atoms with E-state index in [0.29, 0.717) is 0 Å². The lowest BCUT2D eigenvalue weighted by Gasteiger charge is -2.18. The summed E-state index contributed by atoms with van der Waals surface area (Å²) in [5.41, 5.74) is 0. The predicted octanol–water partition coefficient (Wildman–Crippen LogP) is 4.22. The Morgan fingerprint density at radius 3 is 1.50 bits per heavy atom. The third-order valence-corrected chi connectivity index (χ3v) is 6.32. The molecule has 2 saturated carbocycles. The molecular formula is C20H30O2. The van der Waals surface area contributed by atoms with Gasteiger partial charge in [0.15, 0.2) is 0 Å². The maximum atomic E-state index is 5.89. The number of rotatable bonds is 9. The molecule has 0 aromatic carbocycles. The first-order valence-corrected chi connectivity index (χ1v) is 9.40. The minimum Gasteiger partial charge on any atom is -0.381 e. The van der Waals surface area contributed by atoms with Crippen molar-refractivity contribution in [3.05, 3.63) is 24.3 Å². The van der Waals surface area contributed by atoms with Gasteiger partial charge in [0.25, 0.3) is 0 Å². The molecule has 0 aromatic heterocycles. The summed E-state index contributed by atoms with van der Waals surface area (Å²) in [6.45, 7) is 3.78. The highest BCUT2D eigenvalue weighted by atomic mass is 16.5. The molecule has 0 saturated heterocycles. The second-order valence-electron chi connectivity index (χ2n) is 7.94. The van der Waals surface area contributed by atoms with Crippen molar-refractivity contribution < 1.29 is 9.47 Å². The summed E-state index contributed by atoms with van der Waals surface area (Å²) >= 11 is 0. The van der Waals surface area contributed by atoms with E-state index >= 15 is 0 Å². The SMILES string of the molecule is C1=CC2CC1CC2COCCCCOCC1CC2C=CC1C2. The number of unbranched alkanes of at least 4 members (excludes halogenated alkanes) is 1. The van der Waals surface area contributed by atoms with Crippen LogP contribution >= 0.6 is 0 Å². The van der Waals surface area contributed by atoms with Crippen LogP contribution in [0.4, 0.5) is 0 Å². The van der Waals surface area contributed by atoms with Crippen molar-refractivity contribution in [2.24, 2.45) is 35.5 Å². The van der Waals surface area contributed by atoms with Crippen LogP contribution in [0.2, 0.25) is 0 Å². The minimum atomic E-state index is 0.803. The molecular weight excluding hydrogens is 272 g/mol. The van der Waals surface area contributed by atoms with Crippen molar-refractivity contribution >= 4 is 0 Å². The van der Waals surface area contributed by atoms with Gasteiger partial charge in [-0.25, -0.2) is 0 Å². The van der Waals surface area contributed by atoms with Crippen molar-refractivity contribution in [2.75, 3.05) is 26.4 Å². The number of allylic oxidation sites excluding steroid dienone is 4. The van der Waals surface area contributed by atoms with Gasteiger partial charge in [-0.1, -0.05) is 24.3 Å². The molecule has 0 aliphatic heterocycles. The molecule has 0 spiro atoms. The highest BCUT2D eigenvalue weighted by Gasteiger charge is 2.36. The van der Waals surface area contributed by atoms with Crippen LogP contribution in [-0.4, -0.2) is 26.4 Å². The molecule has 6 atom stereocenters. The minimum absolute atomic E-state index is 0.803. The Morgan fingerprint density at radius 2 is 1.14 bits per heavy atom. The molecule has 0 N–H and O–H groups in total. The second kappa shape index (κ2) is 6.88. The van der Waals surface area contributed by atoms with Gasteiger partial charge in [0.05, 0.1) is 0 Å². The Bertz CT molecular complexity index is 387. The van der Waals surface area contributed by atoms with Gasteiger partial charge in [-0.15, -0.1) is 0 Å². The average Bonchev–Trinajstić information content (AvgIpc) is 3.30. The zero-order valence-corrected chi connectivity index (χ0v) is 13.7. The van der Waals surface area contributed by atoms with E-state index < -0.39 is 0 Å². The van der Waals surface area contributed by atoms with E-state index in [9.17, 15) is 0 Å². The van der Waals surface area contributed by atoms with Crippen LogP contribution in [0.5, 0.6) is 0 Å². The lowest BCUT2D eigenvalue weighted by molar-refractivity contribution is 0.0658. The number of hydrogen-bond acceptors (Lipinski definition) is 2. The molecule has 4 bridgehead atoms. The summed E-state index contributed by atoms with van der Waals surface area (Å²) < 4.78 is 11.8. The Kier molecular flexibility index (Phi) is 4.68. The smallest absolute Gasteiger partial charge is 0.0500 e. The van der Waals surface area contributed by atoms with Crippen LogP contribution in [0.25, 0.3) is 0 Å². The van der Waals surface area contributed by atoms with Crippen LogP contribution in [0, 0.1) is 35.5 Å². The van der Waals surface area contributed by atoms with E-state index in [4.69, 9.17) is 9.47 Å². The average molecular weight is 302 g/mol. The van der Waals surface area contributed by atoms with E-state index in [-0.39, 0.29) is 0 Å². The van der Waals surface area contributed by atoms with Crippen LogP contribution in [0.1, 0.15) is 38.5 Å². The Morgan fingerprint density at radius 1 is 0.636 bits per heavy atom. The lowest BCUT2D eigenvalue weighted by Crippen LogP contribution is -2.16. The standard InChI is InChI=1S/C20H30O2/c1(7-21-13-19-11-15-3-5-17(19)9-15)2-8-22-14-20-12-16-4-6-18(20)10-16/h3-6,15-20H,1-2,7-14H2. The summed E-state index contributed by atoms with van der Waals surface area (Å²) in [5, 5.41) is 0. The summed E-state index contributed by atoms with van der Waals surface area (Å²) in [5.74, 6) is 4.99. The van der Waals surface area contributed by atoms with E-state index in [1.165, 1.54) is 25.7 Å². The topological polar surface area (TPSA) is 18.5 Å².